The first-order valence-corrected chi connectivity index (χ1v) is 16.2. The fraction of sp³-hybridized carbons (Fsp3) is 0.556. The van der Waals surface area contributed by atoms with Gasteiger partial charge in [0, 0.05) is 28.6 Å². The van der Waals surface area contributed by atoms with Gasteiger partial charge < -0.3 is 19.8 Å². The van der Waals surface area contributed by atoms with Crippen LogP contribution in [0, 0.1) is 5.92 Å². The van der Waals surface area contributed by atoms with Gasteiger partial charge in [-0.05, 0) is 49.4 Å². The molecule has 198 valence electrons. The van der Waals surface area contributed by atoms with Crippen LogP contribution in [0.4, 0.5) is 0 Å². The number of aromatic amines is 1. The molecule has 2 atom stereocenters. The topological polar surface area (TPSA) is 111 Å². The molecule has 1 unspecified atom stereocenters. The maximum Gasteiger partial charge on any atom is 0.318 e. The Morgan fingerprint density at radius 1 is 1.32 bits per heavy atom. The average Bonchev–Trinajstić information content (AvgIpc) is 3.54. The number of aromatic nitrogens is 4. The summed E-state index contributed by atoms with van der Waals surface area (Å²) in [5, 5.41) is 7.42. The van der Waals surface area contributed by atoms with Crippen LogP contribution >= 0.6 is 0 Å². The molecule has 2 fully saturated rings. The predicted octanol–water partition coefficient (Wildman–Crippen LogP) is 3.65. The van der Waals surface area contributed by atoms with Crippen molar-refractivity contribution in [3.63, 3.8) is 0 Å². The maximum atomic E-state index is 13.2. The summed E-state index contributed by atoms with van der Waals surface area (Å²) in [5.41, 5.74) is 2.25. The first kappa shape index (κ1) is 25.7. The van der Waals surface area contributed by atoms with Crippen LogP contribution < -0.4 is 5.32 Å². The molecule has 0 radical (unpaired) electrons. The SMILES string of the molecule is CCOC(=O)C1(c2ccc3nc([C@@H](NC(=O)c4ccnn4C)C4CC[SiH](C)CC4)[nH]c3c2)CCCOC1. The van der Waals surface area contributed by atoms with Crippen molar-refractivity contribution in [2.45, 2.75) is 62.7 Å². The highest BCUT2D eigenvalue weighted by Crippen LogP contribution is 2.38. The number of aryl methyl sites for hydroxylation is 1. The highest BCUT2D eigenvalue weighted by Gasteiger charge is 2.44. The number of ether oxygens (including phenoxy) is 2. The Kier molecular flexibility index (Phi) is 7.48. The maximum absolute atomic E-state index is 13.2. The molecule has 2 N–H and O–H groups in total. The number of benzene rings is 1. The van der Waals surface area contributed by atoms with Crippen molar-refractivity contribution in [1.82, 2.24) is 25.1 Å². The van der Waals surface area contributed by atoms with Crippen molar-refractivity contribution in [3.05, 3.63) is 47.5 Å². The van der Waals surface area contributed by atoms with Gasteiger partial charge >= 0.3 is 5.97 Å². The van der Waals surface area contributed by atoms with Gasteiger partial charge in [-0.2, -0.15) is 5.10 Å². The summed E-state index contributed by atoms with van der Waals surface area (Å²) in [6.45, 7) is 5.55. The second-order valence-electron chi connectivity index (χ2n) is 10.6. The summed E-state index contributed by atoms with van der Waals surface area (Å²) in [7, 11) is 1.12. The number of nitrogens with zero attached hydrogens (tertiary/aromatic N) is 3. The van der Waals surface area contributed by atoms with Crippen LogP contribution in [0.3, 0.4) is 0 Å². The second kappa shape index (κ2) is 10.8. The number of esters is 1. The Labute approximate surface area is 218 Å². The van der Waals surface area contributed by atoms with E-state index in [4.69, 9.17) is 14.5 Å². The zero-order chi connectivity index (χ0) is 26.0. The molecule has 0 bridgehead atoms. The molecule has 0 spiro atoms. The fourth-order valence-corrected chi connectivity index (χ4v) is 8.17. The second-order valence-corrected chi connectivity index (χ2v) is 14.0. The lowest BCUT2D eigenvalue weighted by atomic mass is 9.76. The number of carbonyl (C=O) groups is 2. The minimum atomic E-state index is -0.814. The molecule has 4 heterocycles. The molecule has 1 amide bonds. The quantitative estimate of drug-likeness (QED) is 0.361. The molecule has 3 aromatic rings. The lowest BCUT2D eigenvalue weighted by Crippen LogP contribution is -2.44. The summed E-state index contributed by atoms with van der Waals surface area (Å²) < 4.78 is 12.8. The van der Waals surface area contributed by atoms with Crippen LogP contribution in [0.15, 0.2) is 30.5 Å². The average molecular weight is 524 g/mol. The van der Waals surface area contributed by atoms with Crippen LogP contribution in [0.2, 0.25) is 18.6 Å². The van der Waals surface area contributed by atoms with Gasteiger partial charge in [-0.25, -0.2) is 4.98 Å². The number of imidazole rings is 1. The van der Waals surface area contributed by atoms with Gasteiger partial charge in [-0.3, -0.25) is 14.3 Å². The molecule has 2 aliphatic heterocycles. The smallest absolute Gasteiger partial charge is 0.318 e. The van der Waals surface area contributed by atoms with Crippen molar-refractivity contribution in [1.29, 1.82) is 0 Å². The van der Waals surface area contributed by atoms with Crippen LogP contribution in [0.25, 0.3) is 11.0 Å². The predicted molar refractivity (Wildman–Crippen MR) is 143 cm³/mol. The van der Waals surface area contributed by atoms with Crippen LogP contribution in [-0.2, 0) is 26.7 Å². The fourth-order valence-electron chi connectivity index (χ4n) is 5.89. The minimum Gasteiger partial charge on any atom is -0.465 e. The van der Waals surface area contributed by atoms with E-state index in [1.54, 1.807) is 24.0 Å². The third kappa shape index (κ3) is 5.09. The molecule has 2 aliphatic rings. The molecule has 37 heavy (non-hydrogen) atoms. The van der Waals surface area contributed by atoms with Crippen molar-refractivity contribution in [2.75, 3.05) is 19.8 Å². The number of nitrogens with one attached hydrogen (secondary N) is 2. The number of rotatable bonds is 7. The van der Waals surface area contributed by atoms with E-state index < -0.39 is 14.2 Å². The standard InChI is InChI=1S/C27H37N5O4Si/c1-4-36-26(34)27(11-5-13-35-17-27)19-6-7-20-21(16-19)30-24(29-20)23(18-9-14-37(3)15-10-18)31-25(33)22-8-12-28-32(22)2/h6-8,12,16,18,23,37H,4-5,9-11,13-15,17H2,1-3H3,(H,29,30)(H,31,33)/t18?,23-,27?,37?/m0/s1. The van der Waals surface area contributed by atoms with E-state index in [1.165, 1.54) is 12.1 Å². The number of carbonyl (C=O) groups excluding carboxylic acids is 2. The summed E-state index contributed by atoms with van der Waals surface area (Å²) in [6, 6.07) is 9.98. The van der Waals surface area contributed by atoms with Crippen molar-refractivity contribution in [3.8, 4) is 0 Å². The van der Waals surface area contributed by atoms with Gasteiger partial charge in [0.2, 0.25) is 0 Å². The monoisotopic (exact) mass is 523 g/mol. The number of fused-ring (bicyclic) bond motifs is 1. The summed E-state index contributed by atoms with van der Waals surface area (Å²) in [4.78, 5) is 34.7. The third-order valence-electron chi connectivity index (χ3n) is 8.13. The van der Waals surface area contributed by atoms with Crippen LogP contribution in [-0.4, -0.2) is 60.2 Å². The highest BCUT2D eigenvalue weighted by molar-refractivity contribution is 6.57. The molecule has 0 aliphatic carbocycles. The van der Waals surface area contributed by atoms with Crippen molar-refractivity contribution >= 4 is 31.7 Å². The zero-order valence-corrected chi connectivity index (χ0v) is 23.1. The largest absolute Gasteiger partial charge is 0.465 e. The molecule has 0 saturated carbocycles. The van der Waals surface area contributed by atoms with E-state index in [0.717, 1.165) is 41.7 Å². The minimum absolute atomic E-state index is 0.150. The third-order valence-corrected chi connectivity index (χ3v) is 10.8. The summed E-state index contributed by atoms with van der Waals surface area (Å²) in [6.07, 6.45) is 5.31. The number of hydrogen-bond donors (Lipinski definition) is 2. The van der Waals surface area contributed by atoms with Crippen molar-refractivity contribution in [2.24, 2.45) is 13.0 Å². The van der Waals surface area contributed by atoms with Gasteiger partial charge in [-0.15, -0.1) is 0 Å². The molecule has 1 aromatic carbocycles. The molecule has 2 aromatic heterocycles. The zero-order valence-electron chi connectivity index (χ0n) is 22.0. The molecule has 5 rings (SSSR count). The van der Waals surface area contributed by atoms with E-state index in [2.05, 4.69) is 21.9 Å². The number of hydrogen-bond acceptors (Lipinski definition) is 6. The number of amides is 1. The Balaban J connectivity index is 1.49. The van der Waals surface area contributed by atoms with Gasteiger partial charge in [-0.1, -0.05) is 37.5 Å². The van der Waals surface area contributed by atoms with Crippen LogP contribution in [0.5, 0.6) is 0 Å². The van der Waals surface area contributed by atoms with Gasteiger partial charge in [0.1, 0.15) is 16.9 Å². The summed E-state index contributed by atoms with van der Waals surface area (Å²) in [5.74, 6) is 0.686. The summed E-state index contributed by atoms with van der Waals surface area (Å²) >= 11 is 0. The van der Waals surface area contributed by atoms with Gasteiger partial charge in [0.25, 0.3) is 5.91 Å². The number of H-pyrrole nitrogens is 1. The van der Waals surface area contributed by atoms with E-state index in [9.17, 15) is 9.59 Å². The lowest BCUT2D eigenvalue weighted by Gasteiger charge is -2.35. The Morgan fingerprint density at radius 3 is 2.81 bits per heavy atom. The molecular formula is C27H37N5O4Si. The van der Waals surface area contributed by atoms with E-state index in [0.29, 0.717) is 37.9 Å². The molecule has 2 saturated heterocycles. The van der Waals surface area contributed by atoms with Crippen LogP contribution in [0.1, 0.15) is 60.5 Å². The molecule has 10 heteroatoms. The van der Waals surface area contributed by atoms with Crippen molar-refractivity contribution < 1.29 is 19.1 Å². The normalized spacial score (nSPS) is 25.1. The highest BCUT2D eigenvalue weighted by atomic mass is 28.3. The Morgan fingerprint density at radius 2 is 2.14 bits per heavy atom. The Hall–Kier alpha value is -2.98. The first-order chi connectivity index (χ1) is 17.9. The lowest BCUT2D eigenvalue weighted by molar-refractivity contribution is -0.155. The van der Waals surface area contributed by atoms with E-state index >= 15 is 0 Å². The van der Waals surface area contributed by atoms with Gasteiger partial charge in [0.05, 0.1) is 30.3 Å². The van der Waals surface area contributed by atoms with E-state index in [1.807, 2.05) is 25.1 Å². The molecule has 9 nitrogen and oxygen atoms in total. The Bertz CT molecular complexity index is 1260. The molecular weight excluding hydrogens is 486 g/mol. The van der Waals surface area contributed by atoms with E-state index in [-0.39, 0.29) is 17.9 Å². The first-order valence-electron chi connectivity index (χ1n) is 13.4. The van der Waals surface area contributed by atoms with Gasteiger partial charge in [0.15, 0.2) is 0 Å².